The Kier molecular flexibility index (Phi) is 4.63. The fourth-order valence-electron chi connectivity index (χ4n) is 3.76. The van der Waals surface area contributed by atoms with Gasteiger partial charge in [0.05, 0.1) is 6.61 Å². The summed E-state index contributed by atoms with van der Waals surface area (Å²) in [5.41, 5.74) is 4.45. The second-order valence-electron chi connectivity index (χ2n) is 7.07. The molecule has 0 aliphatic carbocycles. The number of amides is 1. The number of ether oxygens (including phenoxy) is 3. The summed E-state index contributed by atoms with van der Waals surface area (Å²) >= 11 is 0. The Morgan fingerprint density at radius 2 is 1.87 bits per heavy atom. The normalized spacial score (nSPS) is 13.9. The van der Waals surface area contributed by atoms with Crippen molar-refractivity contribution in [1.82, 2.24) is 10.3 Å². The fourth-order valence-corrected chi connectivity index (χ4v) is 3.76. The van der Waals surface area contributed by atoms with Crippen LogP contribution in [0.2, 0.25) is 0 Å². The van der Waals surface area contributed by atoms with Gasteiger partial charge >= 0.3 is 0 Å². The van der Waals surface area contributed by atoms with Crippen molar-refractivity contribution in [3.8, 4) is 28.4 Å². The number of anilines is 2. The number of nitrogens with one attached hydrogen (secondary N) is 2. The minimum absolute atomic E-state index is 0.116. The third-order valence-corrected chi connectivity index (χ3v) is 5.20. The van der Waals surface area contributed by atoms with E-state index in [1.165, 1.54) is 0 Å². The Hall–Kier alpha value is -3.74. The molecule has 2 aliphatic rings. The Bertz CT molecular complexity index is 1130. The molecule has 0 saturated heterocycles. The number of carbonyl (C=O) groups excluding carboxylic acids is 1. The number of benzene rings is 2. The van der Waals surface area contributed by atoms with Crippen molar-refractivity contribution >= 4 is 17.4 Å². The SMILES string of the molecule is CNC(=O)c1cccc(-c2cnc(Nc3ccc4c(c3)OCCO4)c3c2CCO3)c1. The second kappa shape index (κ2) is 7.59. The van der Waals surface area contributed by atoms with Crippen molar-refractivity contribution in [2.45, 2.75) is 6.42 Å². The van der Waals surface area contributed by atoms with Crippen LogP contribution >= 0.6 is 0 Å². The van der Waals surface area contributed by atoms with Crippen molar-refractivity contribution in [2.24, 2.45) is 0 Å². The van der Waals surface area contributed by atoms with Gasteiger partial charge in [-0.2, -0.15) is 0 Å². The van der Waals surface area contributed by atoms with Crippen LogP contribution in [0.15, 0.2) is 48.7 Å². The molecule has 0 radical (unpaired) electrons. The monoisotopic (exact) mass is 403 g/mol. The zero-order valence-corrected chi connectivity index (χ0v) is 16.5. The summed E-state index contributed by atoms with van der Waals surface area (Å²) in [6.45, 7) is 1.70. The van der Waals surface area contributed by atoms with E-state index in [2.05, 4.69) is 15.6 Å². The van der Waals surface area contributed by atoms with E-state index < -0.39 is 0 Å². The molecular formula is C23H21N3O4. The highest BCUT2D eigenvalue weighted by molar-refractivity contribution is 5.95. The number of aromatic nitrogens is 1. The number of hydrogen-bond acceptors (Lipinski definition) is 6. The standard InChI is InChI=1S/C23H21N3O4/c1-24-23(27)15-4-2-3-14(11-15)18-13-25-22(21-17(18)7-8-30-21)26-16-5-6-19-20(12-16)29-10-9-28-19/h2-6,11-13H,7-10H2,1H3,(H,24,27)(H,25,26). The molecule has 2 aliphatic heterocycles. The van der Waals surface area contributed by atoms with E-state index in [1.54, 1.807) is 13.1 Å². The van der Waals surface area contributed by atoms with E-state index in [9.17, 15) is 4.79 Å². The van der Waals surface area contributed by atoms with Crippen molar-refractivity contribution in [2.75, 3.05) is 32.2 Å². The second-order valence-corrected chi connectivity index (χ2v) is 7.07. The van der Waals surface area contributed by atoms with Crippen LogP contribution in [-0.4, -0.2) is 37.8 Å². The highest BCUT2D eigenvalue weighted by Crippen LogP contribution is 2.41. The first-order valence-electron chi connectivity index (χ1n) is 9.87. The Labute approximate surface area is 174 Å². The van der Waals surface area contributed by atoms with Crippen LogP contribution in [0.3, 0.4) is 0 Å². The summed E-state index contributed by atoms with van der Waals surface area (Å²) in [7, 11) is 1.63. The van der Waals surface area contributed by atoms with Gasteiger partial charge in [0.2, 0.25) is 0 Å². The maximum absolute atomic E-state index is 12.0. The molecule has 7 nitrogen and oxygen atoms in total. The summed E-state index contributed by atoms with van der Waals surface area (Å²) < 4.78 is 17.2. The summed E-state index contributed by atoms with van der Waals surface area (Å²) in [6.07, 6.45) is 2.62. The lowest BCUT2D eigenvalue weighted by Crippen LogP contribution is -2.17. The molecule has 0 fully saturated rings. The number of fused-ring (bicyclic) bond motifs is 2. The van der Waals surface area contributed by atoms with Crippen LogP contribution in [-0.2, 0) is 6.42 Å². The zero-order chi connectivity index (χ0) is 20.5. The Morgan fingerprint density at radius 1 is 1.00 bits per heavy atom. The molecule has 3 heterocycles. The van der Waals surface area contributed by atoms with Gasteiger partial charge in [-0.1, -0.05) is 12.1 Å². The van der Waals surface area contributed by atoms with E-state index >= 15 is 0 Å². The quantitative estimate of drug-likeness (QED) is 0.693. The minimum atomic E-state index is -0.116. The maximum atomic E-state index is 12.0. The summed E-state index contributed by atoms with van der Waals surface area (Å²) in [5.74, 6) is 2.74. The number of carbonyl (C=O) groups is 1. The average molecular weight is 403 g/mol. The Balaban J connectivity index is 1.48. The Morgan fingerprint density at radius 3 is 2.73 bits per heavy atom. The van der Waals surface area contributed by atoms with Crippen LogP contribution in [0.5, 0.6) is 17.2 Å². The van der Waals surface area contributed by atoms with Crippen LogP contribution in [0.4, 0.5) is 11.5 Å². The molecule has 0 atom stereocenters. The van der Waals surface area contributed by atoms with Crippen molar-refractivity contribution < 1.29 is 19.0 Å². The smallest absolute Gasteiger partial charge is 0.251 e. The molecule has 0 bridgehead atoms. The molecule has 0 saturated carbocycles. The number of pyridine rings is 1. The maximum Gasteiger partial charge on any atom is 0.251 e. The third kappa shape index (κ3) is 3.28. The molecule has 0 spiro atoms. The van der Waals surface area contributed by atoms with Gasteiger partial charge in [-0.15, -0.1) is 0 Å². The number of rotatable bonds is 4. The van der Waals surface area contributed by atoms with E-state index in [4.69, 9.17) is 14.2 Å². The van der Waals surface area contributed by atoms with Gasteiger partial charge in [-0.3, -0.25) is 4.79 Å². The first-order valence-corrected chi connectivity index (χ1v) is 9.87. The summed E-state index contributed by atoms with van der Waals surface area (Å²) in [4.78, 5) is 16.6. The highest BCUT2D eigenvalue weighted by Gasteiger charge is 2.23. The molecule has 1 amide bonds. The molecule has 2 N–H and O–H groups in total. The molecule has 5 rings (SSSR count). The van der Waals surface area contributed by atoms with Crippen LogP contribution in [0.1, 0.15) is 15.9 Å². The molecule has 3 aromatic rings. The van der Waals surface area contributed by atoms with Crippen molar-refractivity contribution in [1.29, 1.82) is 0 Å². The topological polar surface area (TPSA) is 81.7 Å². The van der Waals surface area contributed by atoms with Crippen molar-refractivity contribution in [3.05, 3.63) is 59.8 Å². The molecule has 2 aromatic carbocycles. The molecule has 7 heteroatoms. The van der Waals surface area contributed by atoms with Crippen LogP contribution in [0.25, 0.3) is 11.1 Å². The predicted molar refractivity (Wildman–Crippen MR) is 113 cm³/mol. The van der Waals surface area contributed by atoms with Gasteiger partial charge in [0.25, 0.3) is 5.91 Å². The highest BCUT2D eigenvalue weighted by atomic mass is 16.6. The van der Waals surface area contributed by atoms with E-state index in [0.29, 0.717) is 37.0 Å². The van der Waals surface area contributed by atoms with Crippen LogP contribution in [0, 0.1) is 0 Å². The molecule has 30 heavy (non-hydrogen) atoms. The predicted octanol–water partition coefficient (Wildman–Crippen LogP) is 3.56. The number of nitrogens with zero attached hydrogens (tertiary/aromatic N) is 1. The number of hydrogen-bond donors (Lipinski definition) is 2. The average Bonchev–Trinajstić information content (AvgIpc) is 3.29. The first-order chi connectivity index (χ1) is 14.7. The van der Waals surface area contributed by atoms with Gasteiger partial charge in [0.1, 0.15) is 13.2 Å². The molecule has 0 unspecified atom stereocenters. The van der Waals surface area contributed by atoms with E-state index in [0.717, 1.165) is 40.3 Å². The summed E-state index contributed by atoms with van der Waals surface area (Å²) in [6, 6.07) is 13.2. The minimum Gasteiger partial charge on any atom is -0.489 e. The van der Waals surface area contributed by atoms with E-state index in [-0.39, 0.29) is 5.91 Å². The molecule has 1 aromatic heterocycles. The lowest BCUT2D eigenvalue weighted by molar-refractivity contribution is 0.0963. The van der Waals surface area contributed by atoms with Gasteiger partial charge < -0.3 is 24.8 Å². The van der Waals surface area contributed by atoms with Crippen LogP contribution < -0.4 is 24.8 Å². The fraction of sp³-hybridized carbons (Fsp3) is 0.217. The molecule has 152 valence electrons. The largest absolute Gasteiger partial charge is 0.489 e. The van der Waals surface area contributed by atoms with Gasteiger partial charge in [0.15, 0.2) is 23.1 Å². The van der Waals surface area contributed by atoms with Crippen molar-refractivity contribution in [3.63, 3.8) is 0 Å². The third-order valence-electron chi connectivity index (χ3n) is 5.20. The zero-order valence-electron chi connectivity index (χ0n) is 16.5. The van der Waals surface area contributed by atoms with E-state index in [1.807, 2.05) is 42.6 Å². The van der Waals surface area contributed by atoms with Gasteiger partial charge in [-0.25, -0.2) is 4.98 Å². The lowest BCUT2D eigenvalue weighted by Gasteiger charge is -2.19. The molecular weight excluding hydrogens is 382 g/mol. The van der Waals surface area contributed by atoms with Gasteiger partial charge in [0, 0.05) is 48.1 Å². The van der Waals surface area contributed by atoms with Gasteiger partial charge in [-0.05, 0) is 29.8 Å². The lowest BCUT2D eigenvalue weighted by atomic mass is 9.98. The summed E-state index contributed by atoms with van der Waals surface area (Å²) in [5, 5.41) is 6.00. The first kappa shape index (κ1) is 18.3.